The summed E-state index contributed by atoms with van der Waals surface area (Å²) in [4.78, 5) is 20.3. The highest BCUT2D eigenvalue weighted by molar-refractivity contribution is 5.95. The number of imidazole rings is 1. The van der Waals surface area contributed by atoms with Gasteiger partial charge in [-0.05, 0) is 56.5 Å². The molecule has 1 saturated heterocycles. The lowest BCUT2D eigenvalue weighted by Gasteiger charge is -2.34. The maximum atomic E-state index is 13.2. The summed E-state index contributed by atoms with van der Waals surface area (Å²) in [5, 5.41) is 3.23. The number of carbonyl (C=O) groups is 1. The largest absolute Gasteiger partial charge is 0.497 e. The zero-order chi connectivity index (χ0) is 21.1. The highest BCUT2D eigenvalue weighted by atomic mass is 16.5. The second-order valence-electron chi connectivity index (χ2n) is 8.24. The Balaban J connectivity index is 1.57. The molecular weight excluding hydrogens is 376 g/mol. The molecule has 2 aromatic carbocycles. The Morgan fingerprint density at radius 1 is 1.17 bits per heavy atom. The quantitative estimate of drug-likeness (QED) is 0.678. The lowest BCUT2D eigenvalue weighted by atomic mass is 10.0. The predicted octanol–water partition coefficient (Wildman–Crippen LogP) is 3.70. The zero-order valence-corrected chi connectivity index (χ0v) is 18.0. The number of likely N-dealkylation sites (tertiary alicyclic amines) is 1. The van der Waals surface area contributed by atoms with Gasteiger partial charge >= 0.3 is 0 Å². The summed E-state index contributed by atoms with van der Waals surface area (Å²) in [7, 11) is 1.66. The number of benzene rings is 2. The van der Waals surface area contributed by atoms with Crippen LogP contribution in [0.15, 0.2) is 48.5 Å². The molecule has 1 aliphatic rings. The molecule has 0 atom stereocenters. The summed E-state index contributed by atoms with van der Waals surface area (Å²) < 4.78 is 7.36. The number of hydrogen-bond acceptors (Lipinski definition) is 4. The average molecular weight is 407 g/mol. The smallest absolute Gasteiger partial charge is 0.287 e. The summed E-state index contributed by atoms with van der Waals surface area (Å²) in [6.45, 7) is 7.04. The van der Waals surface area contributed by atoms with Crippen LogP contribution in [0.5, 0.6) is 5.75 Å². The first-order valence-corrected chi connectivity index (χ1v) is 10.7. The molecule has 0 spiro atoms. The van der Waals surface area contributed by atoms with Gasteiger partial charge in [0.05, 0.1) is 18.1 Å². The zero-order valence-electron chi connectivity index (χ0n) is 18.0. The minimum atomic E-state index is -0.0999. The lowest BCUT2D eigenvalue weighted by Crippen LogP contribution is -2.47. The van der Waals surface area contributed by atoms with Crippen molar-refractivity contribution < 1.29 is 9.53 Å². The van der Waals surface area contributed by atoms with Crippen molar-refractivity contribution in [3.63, 3.8) is 0 Å². The van der Waals surface area contributed by atoms with Crippen molar-refractivity contribution in [1.82, 2.24) is 19.8 Å². The first-order valence-electron chi connectivity index (χ1n) is 10.7. The number of para-hydroxylation sites is 2. The van der Waals surface area contributed by atoms with Gasteiger partial charge in [0.2, 0.25) is 0 Å². The fourth-order valence-corrected chi connectivity index (χ4v) is 4.17. The van der Waals surface area contributed by atoms with Crippen LogP contribution in [0.25, 0.3) is 11.0 Å². The molecule has 3 aromatic rings. The van der Waals surface area contributed by atoms with Crippen molar-refractivity contribution in [2.45, 2.75) is 45.3 Å². The molecule has 30 heavy (non-hydrogen) atoms. The fraction of sp³-hybridized carbons (Fsp3) is 0.417. The second kappa shape index (κ2) is 8.88. The van der Waals surface area contributed by atoms with Crippen LogP contribution < -0.4 is 10.1 Å². The summed E-state index contributed by atoms with van der Waals surface area (Å²) in [6.07, 6.45) is 1.94. The van der Waals surface area contributed by atoms with Gasteiger partial charge in [0.15, 0.2) is 5.82 Å². The molecule has 1 N–H and O–H groups in total. The second-order valence-corrected chi connectivity index (χ2v) is 8.24. The van der Waals surface area contributed by atoms with E-state index in [9.17, 15) is 4.79 Å². The van der Waals surface area contributed by atoms with Crippen LogP contribution in [0.4, 0.5) is 0 Å². The van der Waals surface area contributed by atoms with Crippen molar-refractivity contribution in [2.75, 3.05) is 20.2 Å². The summed E-state index contributed by atoms with van der Waals surface area (Å²) in [6, 6.07) is 16.6. The molecule has 1 aromatic heterocycles. The molecule has 0 bridgehead atoms. The Kier molecular flexibility index (Phi) is 6.04. The van der Waals surface area contributed by atoms with Crippen molar-refractivity contribution in [1.29, 1.82) is 0 Å². The van der Waals surface area contributed by atoms with Gasteiger partial charge in [-0.3, -0.25) is 4.79 Å². The van der Waals surface area contributed by atoms with Crippen LogP contribution in [0, 0.1) is 0 Å². The molecular formula is C24H30N4O2. The molecule has 1 amide bonds. The van der Waals surface area contributed by atoms with Crippen LogP contribution in [-0.4, -0.2) is 52.6 Å². The van der Waals surface area contributed by atoms with E-state index in [4.69, 9.17) is 4.74 Å². The minimum Gasteiger partial charge on any atom is -0.497 e. The molecule has 6 heteroatoms. The summed E-state index contributed by atoms with van der Waals surface area (Å²) in [5.74, 6) is 1.17. The van der Waals surface area contributed by atoms with Crippen LogP contribution in [-0.2, 0) is 6.54 Å². The van der Waals surface area contributed by atoms with Crippen LogP contribution >= 0.6 is 0 Å². The number of piperidine rings is 1. The number of nitrogens with zero attached hydrogens (tertiary/aromatic N) is 3. The molecule has 0 saturated carbocycles. The van der Waals surface area contributed by atoms with Crippen molar-refractivity contribution in [3.05, 3.63) is 59.9 Å². The third-order valence-electron chi connectivity index (χ3n) is 5.93. The van der Waals surface area contributed by atoms with Gasteiger partial charge in [-0.1, -0.05) is 24.3 Å². The Labute approximate surface area is 177 Å². The number of carbonyl (C=O) groups excluding carboxylic acids is 1. The fourth-order valence-electron chi connectivity index (χ4n) is 4.17. The van der Waals surface area contributed by atoms with Crippen molar-refractivity contribution in [2.24, 2.45) is 0 Å². The maximum Gasteiger partial charge on any atom is 0.287 e. The number of hydrogen-bond donors (Lipinski definition) is 1. The predicted molar refractivity (Wildman–Crippen MR) is 119 cm³/mol. The molecule has 1 fully saturated rings. The maximum absolute atomic E-state index is 13.2. The van der Waals surface area contributed by atoms with Crippen LogP contribution in [0.3, 0.4) is 0 Å². The van der Waals surface area contributed by atoms with Gasteiger partial charge in [0.25, 0.3) is 5.91 Å². The van der Waals surface area contributed by atoms with E-state index in [0.717, 1.165) is 48.3 Å². The molecule has 0 unspecified atom stereocenters. The third-order valence-corrected chi connectivity index (χ3v) is 5.93. The van der Waals surface area contributed by atoms with Crippen LogP contribution in [0.1, 0.15) is 42.9 Å². The van der Waals surface area contributed by atoms with Gasteiger partial charge in [-0.15, -0.1) is 0 Å². The number of nitrogens with one attached hydrogen (secondary N) is 1. The normalized spacial score (nSPS) is 15.6. The number of ether oxygens (including phenoxy) is 1. The Bertz CT molecular complexity index is 1020. The first kappa shape index (κ1) is 20.4. The topological polar surface area (TPSA) is 59.4 Å². The van der Waals surface area contributed by atoms with Gasteiger partial charge in [-0.25, -0.2) is 4.98 Å². The van der Waals surface area contributed by atoms with E-state index < -0.39 is 0 Å². The molecule has 0 radical (unpaired) electrons. The molecule has 6 nitrogen and oxygen atoms in total. The highest BCUT2D eigenvalue weighted by Gasteiger charge is 2.25. The SMILES string of the molecule is COc1cccc(Cn2c(C(=O)NC3CCN(C(C)C)CC3)nc3ccccc32)c1. The van der Waals surface area contributed by atoms with E-state index in [1.54, 1.807) is 7.11 Å². The summed E-state index contributed by atoms with van der Waals surface area (Å²) >= 11 is 0. The molecule has 158 valence electrons. The van der Waals surface area contributed by atoms with Gasteiger partial charge in [0.1, 0.15) is 5.75 Å². The molecule has 1 aliphatic heterocycles. The van der Waals surface area contributed by atoms with Gasteiger partial charge in [-0.2, -0.15) is 0 Å². The minimum absolute atomic E-state index is 0.0999. The van der Waals surface area contributed by atoms with Gasteiger partial charge in [0, 0.05) is 31.7 Å². The van der Waals surface area contributed by atoms with E-state index >= 15 is 0 Å². The first-order chi connectivity index (χ1) is 14.5. The van der Waals surface area contributed by atoms with E-state index in [2.05, 4.69) is 29.0 Å². The van der Waals surface area contributed by atoms with E-state index in [-0.39, 0.29) is 11.9 Å². The monoisotopic (exact) mass is 406 g/mol. The van der Waals surface area contributed by atoms with E-state index in [1.807, 2.05) is 53.1 Å². The Hall–Kier alpha value is -2.86. The van der Waals surface area contributed by atoms with E-state index in [0.29, 0.717) is 18.4 Å². The van der Waals surface area contributed by atoms with Gasteiger partial charge < -0.3 is 19.5 Å². The number of amides is 1. The van der Waals surface area contributed by atoms with E-state index in [1.165, 1.54) is 0 Å². The highest BCUT2D eigenvalue weighted by Crippen LogP contribution is 2.21. The van der Waals surface area contributed by atoms with Crippen molar-refractivity contribution >= 4 is 16.9 Å². The Morgan fingerprint density at radius 3 is 2.67 bits per heavy atom. The Morgan fingerprint density at radius 2 is 1.93 bits per heavy atom. The number of aromatic nitrogens is 2. The standard InChI is InChI=1S/C24H30N4O2/c1-17(2)27-13-11-19(12-14-27)25-24(29)23-26-21-9-4-5-10-22(21)28(23)16-18-7-6-8-20(15-18)30-3/h4-10,15,17,19H,11-14,16H2,1-3H3,(H,25,29). The lowest BCUT2D eigenvalue weighted by molar-refractivity contribution is 0.0887. The molecule has 0 aliphatic carbocycles. The number of rotatable bonds is 6. The third kappa shape index (κ3) is 4.33. The van der Waals surface area contributed by atoms with Crippen LogP contribution in [0.2, 0.25) is 0 Å². The summed E-state index contributed by atoms with van der Waals surface area (Å²) in [5.41, 5.74) is 2.86. The number of fused-ring (bicyclic) bond motifs is 1. The molecule has 4 rings (SSSR count). The number of methoxy groups -OCH3 is 1. The average Bonchev–Trinajstić information content (AvgIpc) is 3.13. The van der Waals surface area contributed by atoms with Crippen molar-refractivity contribution in [3.8, 4) is 5.75 Å². The molecule has 2 heterocycles.